The summed E-state index contributed by atoms with van der Waals surface area (Å²) in [7, 11) is 1.66. The van der Waals surface area contributed by atoms with Crippen molar-refractivity contribution in [2.24, 2.45) is 0 Å². The second-order valence-corrected chi connectivity index (χ2v) is 4.42. The van der Waals surface area contributed by atoms with Gasteiger partial charge in [-0.25, -0.2) is 0 Å². The average Bonchev–Trinajstić information content (AvgIpc) is 2.45. The molecule has 0 unspecified atom stereocenters. The fourth-order valence-corrected chi connectivity index (χ4v) is 2.16. The molecule has 0 saturated carbocycles. The third-order valence-corrected chi connectivity index (χ3v) is 3.25. The van der Waals surface area contributed by atoms with Gasteiger partial charge < -0.3 is 9.47 Å². The van der Waals surface area contributed by atoms with Crippen LogP contribution in [0.4, 0.5) is 0 Å². The number of methoxy groups -OCH3 is 1. The second kappa shape index (κ2) is 6.45. The number of halogens is 1. The molecule has 0 aliphatic rings. The third kappa shape index (κ3) is 3.05. The Labute approximate surface area is 116 Å². The van der Waals surface area contributed by atoms with Gasteiger partial charge in [-0.3, -0.25) is 0 Å². The van der Waals surface area contributed by atoms with Crippen LogP contribution in [0.15, 0.2) is 48.5 Å². The summed E-state index contributed by atoms with van der Waals surface area (Å²) in [5, 5.41) is 0.744. The standard InChI is InChI=1S/C15H15BrO2/c1-17-14-9-5-8-13(10-16)15(14)18-11-12-6-3-2-4-7-12/h2-9H,10-11H2,1H3. The molecule has 0 N–H and O–H groups in total. The van der Waals surface area contributed by atoms with Crippen LogP contribution < -0.4 is 9.47 Å². The predicted molar refractivity (Wildman–Crippen MR) is 76.4 cm³/mol. The largest absolute Gasteiger partial charge is 0.493 e. The summed E-state index contributed by atoms with van der Waals surface area (Å²) in [5.74, 6) is 1.57. The van der Waals surface area contributed by atoms with E-state index in [9.17, 15) is 0 Å². The van der Waals surface area contributed by atoms with Crippen LogP contribution in [-0.2, 0) is 11.9 Å². The van der Waals surface area contributed by atoms with Gasteiger partial charge in [0.1, 0.15) is 6.61 Å². The van der Waals surface area contributed by atoms with Crippen molar-refractivity contribution in [3.8, 4) is 11.5 Å². The number of hydrogen-bond donors (Lipinski definition) is 0. The Hall–Kier alpha value is -1.48. The Kier molecular flexibility index (Phi) is 4.65. The van der Waals surface area contributed by atoms with Crippen LogP contribution in [0.3, 0.4) is 0 Å². The number of para-hydroxylation sites is 1. The van der Waals surface area contributed by atoms with Crippen molar-refractivity contribution in [1.82, 2.24) is 0 Å². The van der Waals surface area contributed by atoms with E-state index in [0.717, 1.165) is 28.0 Å². The summed E-state index contributed by atoms with van der Waals surface area (Å²) in [6.45, 7) is 0.543. The zero-order valence-corrected chi connectivity index (χ0v) is 11.8. The van der Waals surface area contributed by atoms with Gasteiger partial charge in [0.25, 0.3) is 0 Å². The molecule has 0 radical (unpaired) electrons. The van der Waals surface area contributed by atoms with Gasteiger partial charge in [-0.1, -0.05) is 58.4 Å². The molecule has 0 spiro atoms. The Balaban J connectivity index is 2.17. The molecule has 94 valence electrons. The molecule has 0 aromatic heterocycles. The van der Waals surface area contributed by atoms with Gasteiger partial charge in [0.15, 0.2) is 11.5 Å². The Morgan fingerprint density at radius 1 is 1.00 bits per heavy atom. The number of ether oxygens (including phenoxy) is 2. The molecule has 0 aliphatic carbocycles. The maximum atomic E-state index is 5.88. The molecule has 3 heteroatoms. The highest BCUT2D eigenvalue weighted by Crippen LogP contribution is 2.32. The second-order valence-electron chi connectivity index (χ2n) is 3.86. The summed E-state index contributed by atoms with van der Waals surface area (Å²) >= 11 is 3.46. The first-order chi connectivity index (χ1) is 8.85. The van der Waals surface area contributed by atoms with Crippen LogP contribution >= 0.6 is 15.9 Å². The average molecular weight is 307 g/mol. The smallest absolute Gasteiger partial charge is 0.165 e. The number of benzene rings is 2. The van der Waals surface area contributed by atoms with Crippen molar-refractivity contribution in [3.63, 3.8) is 0 Å². The lowest BCUT2D eigenvalue weighted by atomic mass is 10.2. The minimum absolute atomic E-state index is 0.543. The topological polar surface area (TPSA) is 18.5 Å². The van der Waals surface area contributed by atoms with Gasteiger partial charge in [0.2, 0.25) is 0 Å². The van der Waals surface area contributed by atoms with Gasteiger partial charge in [-0.15, -0.1) is 0 Å². The number of alkyl halides is 1. The molecule has 0 aliphatic heterocycles. The van der Waals surface area contributed by atoms with E-state index in [0.29, 0.717) is 6.61 Å². The van der Waals surface area contributed by atoms with Crippen molar-refractivity contribution < 1.29 is 9.47 Å². The lowest BCUT2D eigenvalue weighted by molar-refractivity contribution is 0.282. The highest BCUT2D eigenvalue weighted by molar-refractivity contribution is 9.08. The van der Waals surface area contributed by atoms with Crippen LogP contribution in [0.5, 0.6) is 11.5 Å². The minimum Gasteiger partial charge on any atom is -0.493 e. The van der Waals surface area contributed by atoms with E-state index in [1.807, 2.05) is 48.5 Å². The van der Waals surface area contributed by atoms with E-state index in [-0.39, 0.29) is 0 Å². The zero-order chi connectivity index (χ0) is 12.8. The van der Waals surface area contributed by atoms with E-state index in [2.05, 4.69) is 15.9 Å². The molecule has 0 bridgehead atoms. The monoisotopic (exact) mass is 306 g/mol. The molecule has 2 aromatic rings. The van der Waals surface area contributed by atoms with Crippen LogP contribution in [0.25, 0.3) is 0 Å². The van der Waals surface area contributed by atoms with Crippen molar-refractivity contribution in [2.45, 2.75) is 11.9 Å². The van der Waals surface area contributed by atoms with Crippen LogP contribution in [0.1, 0.15) is 11.1 Å². The van der Waals surface area contributed by atoms with Gasteiger partial charge in [-0.05, 0) is 11.6 Å². The first kappa shape index (κ1) is 13.0. The number of hydrogen-bond acceptors (Lipinski definition) is 2. The molecule has 0 amide bonds. The summed E-state index contributed by atoms with van der Waals surface area (Å²) in [6.07, 6.45) is 0. The highest BCUT2D eigenvalue weighted by atomic mass is 79.9. The van der Waals surface area contributed by atoms with E-state index >= 15 is 0 Å². The zero-order valence-electron chi connectivity index (χ0n) is 10.2. The predicted octanol–water partition coefficient (Wildman–Crippen LogP) is 4.17. The Bertz CT molecular complexity index is 475. The molecule has 2 rings (SSSR count). The quantitative estimate of drug-likeness (QED) is 0.772. The van der Waals surface area contributed by atoms with E-state index < -0.39 is 0 Å². The summed E-state index contributed by atoms with van der Waals surface area (Å²) < 4.78 is 11.2. The fourth-order valence-electron chi connectivity index (χ4n) is 1.72. The number of rotatable bonds is 5. The molecule has 0 atom stereocenters. The first-order valence-electron chi connectivity index (χ1n) is 5.73. The van der Waals surface area contributed by atoms with Crippen molar-refractivity contribution in [3.05, 3.63) is 59.7 Å². The van der Waals surface area contributed by atoms with Gasteiger partial charge in [0.05, 0.1) is 7.11 Å². The van der Waals surface area contributed by atoms with Gasteiger partial charge in [-0.2, -0.15) is 0 Å². The molecule has 18 heavy (non-hydrogen) atoms. The maximum absolute atomic E-state index is 5.88. The molecule has 2 nitrogen and oxygen atoms in total. The first-order valence-corrected chi connectivity index (χ1v) is 6.86. The van der Waals surface area contributed by atoms with E-state index in [1.165, 1.54) is 0 Å². The lowest BCUT2D eigenvalue weighted by Crippen LogP contribution is -2.00. The SMILES string of the molecule is COc1cccc(CBr)c1OCc1ccccc1. The molecule has 0 heterocycles. The molecule has 0 saturated heterocycles. The fraction of sp³-hybridized carbons (Fsp3) is 0.200. The van der Waals surface area contributed by atoms with Crippen molar-refractivity contribution >= 4 is 15.9 Å². The summed E-state index contributed by atoms with van der Waals surface area (Å²) in [4.78, 5) is 0. The van der Waals surface area contributed by atoms with Crippen LogP contribution in [0, 0.1) is 0 Å². The lowest BCUT2D eigenvalue weighted by Gasteiger charge is -2.13. The Morgan fingerprint density at radius 3 is 2.44 bits per heavy atom. The highest BCUT2D eigenvalue weighted by Gasteiger charge is 2.09. The molecule has 0 fully saturated rings. The van der Waals surface area contributed by atoms with E-state index in [1.54, 1.807) is 7.11 Å². The Morgan fingerprint density at radius 2 is 1.78 bits per heavy atom. The van der Waals surface area contributed by atoms with Crippen LogP contribution in [0.2, 0.25) is 0 Å². The van der Waals surface area contributed by atoms with Gasteiger partial charge >= 0.3 is 0 Å². The molecular formula is C15H15BrO2. The van der Waals surface area contributed by atoms with Crippen molar-refractivity contribution in [1.29, 1.82) is 0 Å². The molecule has 2 aromatic carbocycles. The third-order valence-electron chi connectivity index (χ3n) is 2.65. The normalized spacial score (nSPS) is 10.1. The van der Waals surface area contributed by atoms with Crippen molar-refractivity contribution in [2.75, 3.05) is 7.11 Å². The van der Waals surface area contributed by atoms with E-state index in [4.69, 9.17) is 9.47 Å². The summed E-state index contributed by atoms with van der Waals surface area (Å²) in [5.41, 5.74) is 2.23. The summed E-state index contributed by atoms with van der Waals surface area (Å²) in [6, 6.07) is 16.0. The molecular weight excluding hydrogens is 292 g/mol. The minimum atomic E-state index is 0.543. The van der Waals surface area contributed by atoms with Gasteiger partial charge in [0, 0.05) is 10.9 Å². The van der Waals surface area contributed by atoms with Crippen LogP contribution in [-0.4, -0.2) is 7.11 Å². The maximum Gasteiger partial charge on any atom is 0.165 e.